The van der Waals surface area contributed by atoms with Gasteiger partial charge in [-0.2, -0.15) is 4.57 Å². The standard InChI is InChI=1S/C22H21NO4S/c1-23-11-20(17-4-2-3-5-18(17)21(23)12-24)19-10-16(14-28(25)26)8-9-22(19)27-13-15-6-7-15/h2-5,8-12,15H,6-7,13-14H2,1H3. The van der Waals surface area contributed by atoms with Crippen LogP contribution in [0.2, 0.25) is 0 Å². The smallest absolute Gasteiger partial charge is 0.253 e. The van der Waals surface area contributed by atoms with Gasteiger partial charge in [0.05, 0.1) is 17.6 Å². The topological polar surface area (TPSA) is 70.3 Å². The molecule has 28 heavy (non-hydrogen) atoms. The number of benzene rings is 2. The Balaban J connectivity index is 1.90. The molecule has 0 aliphatic heterocycles. The summed E-state index contributed by atoms with van der Waals surface area (Å²) in [5, 5.41) is 1.78. The third kappa shape index (κ3) is 3.84. The lowest BCUT2D eigenvalue weighted by atomic mass is 9.97. The highest BCUT2D eigenvalue weighted by atomic mass is 32.2. The quantitative estimate of drug-likeness (QED) is 0.350. The Morgan fingerprint density at radius 3 is 2.61 bits per heavy atom. The molecule has 5 nitrogen and oxygen atoms in total. The summed E-state index contributed by atoms with van der Waals surface area (Å²) >= 11 is -2.17. The summed E-state index contributed by atoms with van der Waals surface area (Å²) in [5.74, 6) is 1.29. The van der Waals surface area contributed by atoms with Crippen LogP contribution >= 0.6 is 0 Å². The Morgan fingerprint density at radius 1 is 1.18 bits per heavy atom. The molecule has 1 heterocycles. The van der Waals surface area contributed by atoms with Crippen molar-refractivity contribution in [2.75, 3.05) is 6.61 Å². The van der Waals surface area contributed by atoms with Crippen molar-refractivity contribution in [3.8, 4) is 16.9 Å². The maximum Gasteiger partial charge on any atom is 0.253 e. The number of nitrogens with zero attached hydrogens (tertiary/aromatic N) is 1. The van der Waals surface area contributed by atoms with Crippen molar-refractivity contribution in [2.24, 2.45) is 13.0 Å². The monoisotopic (exact) mass is 395 g/mol. The lowest BCUT2D eigenvalue weighted by Gasteiger charge is -2.15. The molecule has 1 aromatic heterocycles. The second-order valence-electron chi connectivity index (χ2n) is 7.24. The lowest BCUT2D eigenvalue weighted by molar-refractivity contribution is -0.671. The van der Waals surface area contributed by atoms with Crippen LogP contribution in [0.15, 0.2) is 48.7 Å². The van der Waals surface area contributed by atoms with Gasteiger partial charge < -0.3 is 9.29 Å². The minimum absolute atomic E-state index is 0.0492. The van der Waals surface area contributed by atoms with Crippen LogP contribution in [0.5, 0.6) is 5.75 Å². The molecule has 1 aliphatic carbocycles. The number of rotatable bonds is 7. The molecule has 0 spiro atoms. The van der Waals surface area contributed by atoms with Gasteiger partial charge in [-0.25, -0.2) is 0 Å². The molecule has 1 aliphatic rings. The molecule has 1 fully saturated rings. The highest BCUT2D eigenvalue weighted by molar-refractivity contribution is 7.78. The molecule has 3 aromatic rings. The van der Waals surface area contributed by atoms with Gasteiger partial charge in [0.25, 0.3) is 5.69 Å². The zero-order chi connectivity index (χ0) is 19.7. The fraction of sp³-hybridized carbons (Fsp3) is 0.273. The van der Waals surface area contributed by atoms with Crippen molar-refractivity contribution in [3.05, 3.63) is 59.9 Å². The molecule has 0 bridgehead atoms. The number of fused-ring (bicyclic) bond motifs is 1. The molecule has 0 N–H and O–H groups in total. The van der Waals surface area contributed by atoms with E-state index in [1.165, 1.54) is 12.8 Å². The van der Waals surface area contributed by atoms with Gasteiger partial charge in [-0.3, -0.25) is 9.00 Å². The van der Waals surface area contributed by atoms with Gasteiger partial charge >= 0.3 is 0 Å². The van der Waals surface area contributed by atoms with E-state index in [2.05, 4.69) is 0 Å². The van der Waals surface area contributed by atoms with E-state index in [-0.39, 0.29) is 5.75 Å². The van der Waals surface area contributed by atoms with E-state index in [1.54, 1.807) is 10.6 Å². The third-order valence-corrected chi connectivity index (χ3v) is 5.67. The SMILES string of the molecule is C[n+]1cc(-c2cc(CS(=O)[O-])ccc2OCC2CC2)c2ccccc2c1C=O. The zero-order valence-electron chi connectivity index (χ0n) is 15.6. The molecule has 0 radical (unpaired) electrons. The van der Waals surface area contributed by atoms with Crippen molar-refractivity contribution in [2.45, 2.75) is 18.6 Å². The van der Waals surface area contributed by atoms with Crippen molar-refractivity contribution in [1.82, 2.24) is 0 Å². The average Bonchev–Trinajstić information content (AvgIpc) is 3.50. The number of carbonyl (C=O) groups is 1. The number of hydrogen-bond donors (Lipinski definition) is 0. The van der Waals surface area contributed by atoms with Gasteiger partial charge in [0.1, 0.15) is 12.8 Å². The van der Waals surface area contributed by atoms with Crippen LogP contribution < -0.4 is 9.30 Å². The highest BCUT2D eigenvalue weighted by Crippen LogP contribution is 2.37. The summed E-state index contributed by atoms with van der Waals surface area (Å²) < 4.78 is 30.3. The molecule has 6 heteroatoms. The fourth-order valence-corrected chi connectivity index (χ4v) is 3.91. The second-order valence-corrected chi connectivity index (χ2v) is 8.13. The predicted octanol–water partition coefficient (Wildman–Crippen LogP) is 3.31. The van der Waals surface area contributed by atoms with Gasteiger partial charge in [-0.05, 0) is 42.5 Å². The van der Waals surface area contributed by atoms with Gasteiger partial charge in [0.2, 0.25) is 6.29 Å². The van der Waals surface area contributed by atoms with Crippen molar-refractivity contribution in [1.29, 1.82) is 0 Å². The first-order chi connectivity index (χ1) is 13.6. The largest absolute Gasteiger partial charge is 0.772 e. The van der Waals surface area contributed by atoms with E-state index < -0.39 is 11.1 Å². The van der Waals surface area contributed by atoms with Crippen LogP contribution in [-0.2, 0) is 23.9 Å². The molecule has 4 rings (SSSR count). The molecule has 144 valence electrons. The summed E-state index contributed by atoms with van der Waals surface area (Å²) in [5.41, 5.74) is 3.05. The van der Waals surface area contributed by atoms with E-state index in [9.17, 15) is 13.6 Å². The Hall–Kier alpha value is -2.57. The van der Waals surface area contributed by atoms with Gasteiger partial charge in [-0.1, -0.05) is 35.3 Å². The number of aldehydes is 1. The van der Waals surface area contributed by atoms with E-state index in [1.807, 2.05) is 49.6 Å². The Labute approximate surface area is 166 Å². The fourth-order valence-electron chi connectivity index (χ4n) is 3.46. The summed E-state index contributed by atoms with van der Waals surface area (Å²) in [4.78, 5) is 11.6. The zero-order valence-corrected chi connectivity index (χ0v) is 16.4. The molecule has 1 atom stereocenters. The van der Waals surface area contributed by atoms with Crippen LogP contribution in [0.3, 0.4) is 0 Å². The summed E-state index contributed by atoms with van der Waals surface area (Å²) in [6.45, 7) is 0.663. The van der Waals surface area contributed by atoms with Gasteiger partial charge in [-0.15, -0.1) is 0 Å². The van der Waals surface area contributed by atoms with Gasteiger partial charge in [0, 0.05) is 16.7 Å². The van der Waals surface area contributed by atoms with Crippen LogP contribution in [0.1, 0.15) is 28.9 Å². The second kappa shape index (κ2) is 7.81. The van der Waals surface area contributed by atoms with Crippen molar-refractivity contribution < 1.29 is 22.9 Å². The predicted molar refractivity (Wildman–Crippen MR) is 107 cm³/mol. The maximum absolute atomic E-state index is 11.6. The molecular formula is C22H21NO4S. The van der Waals surface area contributed by atoms with Crippen LogP contribution in [0.4, 0.5) is 0 Å². The van der Waals surface area contributed by atoms with Crippen molar-refractivity contribution >= 4 is 28.1 Å². The number of hydrogen-bond acceptors (Lipinski definition) is 4. The first-order valence-corrected chi connectivity index (χ1v) is 10.5. The first-order valence-electron chi connectivity index (χ1n) is 9.25. The Kier molecular flexibility index (Phi) is 5.24. The summed E-state index contributed by atoms with van der Waals surface area (Å²) in [7, 11) is 1.83. The van der Waals surface area contributed by atoms with Crippen LogP contribution in [0.25, 0.3) is 21.9 Å². The first kappa shape index (κ1) is 18.8. The molecule has 0 saturated heterocycles. The average molecular weight is 395 g/mol. The number of aryl methyl sites for hydroxylation is 1. The molecule has 2 aromatic carbocycles. The number of pyridine rings is 1. The van der Waals surface area contributed by atoms with E-state index >= 15 is 0 Å². The number of ether oxygens (including phenoxy) is 1. The number of aromatic nitrogens is 1. The number of carbonyl (C=O) groups excluding carboxylic acids is 1. The van der Waals surface area contributed by atoms with Crippen LogP contribution in [0, 0.1) is 5.92 Å². The van der Waals surface area contributed by atoms with E-state index in [0.717, 1.165) is 33.9 Å². The normalized spacial score (nSPS) is 14.8. The van der Waals surface area contributed by atoms with E-state index in [0.29, 0.717) is 23.8 Å². The minimum atomic E-state index is -2.17. The van der Waals surface area contributed by atoms with Gasteiger partial charge in [0.15, 0.2) is 6.20 Å². The van der Waals surface area contributed by atoms with Crippen LogP contribution in [-0.4, -0.2) is 21.7 Å². The maximum atomic E-state index is 11.6. The molecule has 1 unspecified atom stereocenters. The minimum Gasteiger partial charge on any atom is -0.772 e. The summed E-state index contributed by atoms with van der Waals surface area (Å²) in [6.07, 6.45) is 5.14. The Bertz CT molecular complexity index is 1080. The highest BCUT2D eigenvalue weighted by Gasteiger charge is 2.24. The lowest BCUT2D eigenvalue weighted by Crippen LogP contribution is -2.33. The molecular weight excluding hydrogens is 374 g/mol. The third-order valence-electron chi connectivity index (χ3n) is 5.10. The summed E-state index contributed by atoms with van der Waals surface area (Å²) in [6, 6.07) is 13.2. The Morgan fingerprint density at radius 2 is 1.93 bits per heavy atom. The van der Waals surface area contributed by atoms with E-state index in [4.69, 9.17) is 4.74 Å². The molecule has 1 saturated carbocycles. The van der Waals surface area contributed by atoms with Crippen molar-refractivity contribution in [3.63, 3.8) is 0 Å². The molecule has 0 amide bonds.